The third-order valence-electron chi connectivity index (χ3n) is 4.07. The fraction of sp³-hybridized carbons (Fsp3) is 0.857. The van der Waals surface area contributed by atoms with Crippen LogP contribution < -0.4 is 5.32 Å². The Labute approximate surface area is 109 Å². The summed E-state index contributed by atoms with van der Waals surface area (Å²) >= 11 is 0. The summed E-state index contributed by atoms with van der Waals surface area (Å²) in [7, 11) is 0. The second-order valence-corrected chi connectivity index (χ2v) is 6.02. The minimum atomic E-state index is -0.338. The monoisotopic (exact) mass is 252 g/mol. The molecule has 1 saturated carbocycles. The summed E-state index contributed by atoms with van der Waals surface area (Å²) in [5.41, 5.74) is 0. The molecule has 0 spiro atoms. The molecule has 102 valence electrons. The topological polar surface area (TPSA) is 49.4 Å². The van der Waals surface area contributed by atoms with Gasteiger partial charge >= 0.3 is 0 Å². The third-order valence-corrected chi connectivity index (χ3v) is 4.07. The number of carbonyl (C=O) groups excluding carboxylic acids is 2. The van der Waals surface area contributed by atoms with Gasteiger partial charge in [-0.05, 0) is 31.6 Å². The van der Waals surface area contributed by atoms with Crippen molar-refractivity contribution in [3.8, 4) is 0 Å². The number of rotatable bonds is 5. The summed E-state index contributed by atoms with van der Waals surface area (Å²) in [6.07, 6.45) is 4.92. The molecule has 2 rings (SSSR count). The van der Waals surface area contributed by atoms with Crippen LogP contribution in [-0.4, -0.2) is 35.3 Å². The van der Waals surface area contributed by atoms with Gasteiger partial charge in [0.2, 0.25) is 11.8 Å². The Morgan fingerprint density at radius 3 is 2.56 bits per heavy atom. The number of hydrogen-bond donors (Lipinski definition) is 1. The summed E-state index contributed by atoms with van der Waals surface area (Å²) < 4.78 is 0. The zero-order chi connectivity index (χ0) is 13.3. The molecule has 0 radical (unpaired) electrons. The summed E-state index contributed by atoms with van der Waals surface area (Å²) in [5, 5.41) is 2.83. The molecule has 1 aliphatic carbocycles. The predicted molar refractivity (Wildman–Crippen MR) is 69.9 cm³/mol. The van der Waals surface area contributed by atoms with Crippen LogP contribution in [-0.2, 0) is 9.59 Å². The molecule has 2 atom stereocenters. The van der Waals surface area contributed by atoms with E-state index in [1.807, 2.05) is 20.8 Å². The Morgan fingerprint density at radius 2 is 2.00 bits per heavy atom. The van der Waals surface area contributed by atoms with Gasteiger partial charge in [-0.2, -0.15) is 0 Å². The van der Waals surface area contributed by atoms with E-state index in [9.17, 15) is 9.59 Å². The van der Waals surface area contributed by atoms with E-state index in [1.165, 1.54) is 19.3 Å². The van der Waals surface area contributed by atoms with E-state index in [4.69, 9.17) is 0 Å². The number of piperazine rings is 1. The first-order chi connectivity index (χ1) is 8.50. The van der Waals surface area contributed by atoms with Gasteiger partial charge in [-0.25, -0.2) is 0 Å². The molecule has 2 amide bonds. The lowest BCUT2D eigenvalue weighted by Gasteiger charge is -2.38. The maximum absolute atomic E-state index is 12.3. The Hall–Kier alpha value is -1.06. The lowest BCUT2D eigenvalue weighted by Crippen LogP contribution is -2.63. The van der Waals surface area contributed by atoms with Crippen molar-refractivity contribution in [3.05, 3.63) is 0 Å². The molecule has 0 aromatic carbocycles. The SMILES string of the molecule is CC(C)C1NC(=O)C(C)N(CCCC2CC2)C1=O. The predicted octanol–water partition coefficient (Wildman–Crippen LogP) is 1.55. The minimum Gasteiger partial charge on any atom is -0.342 e. The smallest absolute Gasteiger partial charge is 0.246 e. The normalized spacial score (nSPS) is 28.8. The molecule has 1 aliphatic heterocycles. The van der Waals surface area contributed by atoms with Crippen LogP contribution in [0.3, 0.4) is 0 Å². The van der Waals surface area contributed by atoms with Gasteiger partial charge in [0.15, 0.2) is 0 Å². The minimum absolute atomic E-state index is 0.0141. The van der Waals surface area contributed by atoms with Crippen molar-refractivity contribution in [2.75, 3.05) is 6.54 Å². The van der Waals surface area contributed by atoms with Gasteiger partial charge in [-0.3, -0.25) is 9.59 Å². The standard InChI is InChI=1S/C14H24N2O2/c1-9(2)12-14(18)16(10(3)13(17)15-12)8-4-5-11-6-7-11/h9-12H,4-8H2,1-3H3,(H,15,17). The fourth-order valence-corrected chi connectivity index (χ4v) is 2.56. The highest BCUT2D eigenvalue weighted by molar-refractivity contribution is 5.96. The summed E-state index contributed by atoms with van der Waals surface area (Å²) in [6, 6.07) is -0.652. The van der Waals surface area contributed by atoms with Gasteiger partial charge in [0, 0.05) is 6.54 Å². The average Bonchev–Trinajstić information content (AvgIpc) is 3.11. The first-order valence-corrected chi connectivity index (χ1v) is 7.11. The molecule has 4 heteroatoms. The number of nitrogens with one attached hydrogen (secondary N) is 1. The van der Waals surface area contributed by atoms with Gasteiger partial charge in [-0.1, -0.05) is 26.7 Å². The molecule has 1 heterocycles. The zero-order valence-corrected chi connectivity index (χ0v) is 11.6. The van der Waals surface area contributed by atoms with E-state index in [-0.39, 0.29) is 29.8 Å². The van der Waals surface area contributed by atoms with E-state index >= 15 is 0 Å². The number of hydrogen-bond acceptors (Lipinski definition) is 2. The van der Waals surface area contributed by atoms with Crippen LogP contribution >= 0.6 is 0 Å². The van der Waals surface area contributed by atoms with Crippen LogP contribution in [0.1, 0.15) is 46.5 Å². The van der Waals surface area contributed by atoms with Gasteiger partial charge in [0.25, 0.3) is 0 Å². The van der Waals surface area contributed by atoms with Crippen LogP contribution in [0.5, 0.6) is 0 Å². The zero-order valence-electron chi connectivity index (χ0n) is 11.6. The van der Waals surface area contributed by atoms with Gasteiger partial charge in [-0.15, -0.1) is 0 Å². The van der Waals surface area contributed by atoms with Gasteiger partial charge in [0.1, 0.15) is 12.1 Å². The molecule has 18 heavy (non-hydrogen) atoms. The second-order valence-electron chi connectivity index (χ2n) is 6.02. The maximum Gasteiger partial charge on any atom is 0.246 e. The first kappa shape index (κ1) is 13.4. The quantitative estimate of drug-likeness (QED) is 0.807. The number of amides is 2. The van der Waals surface area contributed by atoms with Gasteiger partial charge < -0.3 is 10.2 Å². The highest BCUT2D eigenvalue weighted by Crippen LogP contribution is 2.33. The van der Waals surface area contributed by atoms with Crippen LogP contribution in [0.25, 0.3) is 0 Å². The van der Waals surface area contributed by atoms with Gasteiger partial charge in [0.05, 0.1) is 0 Å². The average molecular weight is 252 g/mol. The van der Waals surface area contributed by atoms with Crippen molar-refractivity contribution in [1.82, 2.24) is 10.2 Å². The molecular formula is C14H24N2O2. The van der Waals surface area contributed by atoms with Crippen LogP contribution in [0.2, 0.25) is 0 Å². The van der Waals surface area contributed by atoms with Crippen molar-refractivity contribution in [2.24, 2.45) is 11.8 Å². The summed E-state index contributed by atoms with van der Waals surface area (Å²) in [6.45, 7) is 6.50. The molecule has 0 bridgehead atoms. The second kappa shape index (κ2) is 5.29. The van der Waals surface area contributed by atoms with Crippen molar-refractivity contribution >= 4 is 11.8 Å². The first-order valence-electron chi connectivity index (χ1n) is 7.11. The largest absolute Gasteiger partial charge is 0.342 e. The van der Waals surface area contributed by atoms with Crippen LogP contribution in [0.4, 0.5) is 0 Å². The molecule has 4 nitrogen and oxygen atoms in total. The highest BCUT2D eigenvalue weighted by atomic mass is 16.2. The third kappa shape index (κ3) is 2.85. The van der Waals surface area contributed by atoms with E-state index in [2.05, 4.69) is 5.32 Å². The van der Waals surface area contributed by atoms with Crippen molar-refractivity contribution in [3.63, 3.8) is 0 Å². The molecule has 2 unspecified atom stereocenters. The molecule has 1 N–H and O–H groups in total. The number of nitrogens with zero attached hydrogens (tertiary/aromatic N) is 1. The summed E-state index contributed by atoms with van der Waals surface area (Å²) in [4.78, 5) is 26.0. The number of carbonyl (C=O) groups is 2. The van der Waals surface area contributed by atoms with Crippen LogP contribution in [0, 0.1) is 11.8 Å². The van der Waals surface area contributed by atoms with Crippen molar-refractivity contribution in [2.45, 2.75) is 58.5 Å². The van der Waals surface area contributed by atoms with E-state index in [0.29, 0.717) is 0 Å². The van der Waals surface area contributed by atoms with E-state index in [1.54, 1.807) is 4.90 Å². The van der Waals surface area contributed by atoms with E-state index in [0.717, 1.165) is 18.9 Å². The van der Waals surface area contributed by atoms with E-state index < -0.39 is 0 Å². The fourth-order valence-electron chi connectivity index (χ4n) is 2.56. The molecule has 0 aromatic heterocycles. The molecule has 1 saturated heterocycles. The Kier molecular flexibility index (Phi) is 3.93. The Morgan fingerprint density at radius 1 is 1.33 bits per heavy atom. The lowest BCUT2D eigenvalue weighted by molar-refractivity contribution is -0.149. The van der Waals surface area contributed by atoms with Crippen LogP contribution in [0.15, 0.2) is 0 Å². The molecule has 2 fully saturated rings. The molecule has 0 aromatic rings. The Bertz CT molecular complexity index is 337. The molecule has 2 aliphatic rings. The maximum atomic E-state index is 12.3. The summed E-state index contributed by atoms with van der Waals surface area (Å²) in [5.74, 6) is 1.11. The van der Waals surface area contributed by atoms with Crippen molar-refractivity contribution < 1.29 is 9.59 Å². The molecular weight excluding hydrogens is 228 g/mol. The van der Waals surface area contributed by atoms with Crippen molar-refractivity contribution in [1.29, 1.82) is 0 Å². The lowest BCUT2D eigenvalue weighted by atomic mass is 9.98. The highest BCUT2D eigenvalue weighted by Gasteiger charge is 2.39. The Balaban J connectivity index is 1.94.